The molecule has 0 spiro atoms. The van der Waals surface area contributed by atoms with Crippen molar-refractivity contribution < 1.29 is 0 Å². The molecule has 3 rings (SSSR count). The molecule has 0 unspecified atom stereocenters. The molecule has 1 aromatic heterocycles. The number of aromatic nitrogens is 2. The van der Waals surface area contributed by atoms with E-state index in [1.54, 1.807) is 11.3 Å². The second-order valence-corrected chi connectivity index (χ2v) is 7.51. The van der Waals surface area contributed by atoms with Crippen LogP contribution in [0.2, 0.25) is 0 Å². The minimum atomic E-state index is 0.602. The molecule has 1 aliphatic heterocycles. The van der Waals surface area contributed by atoms with Crippen LogP contribution in [0.5, 0.6) is 0 Å². The molecule has 2 aromatic rings. The highest BCUT2D eigenvalue weighted by molar-refractivity contribution is 7.73. The topological polar surface area (TPSA) is 21.1 Å². The molecule has 1 fully saturated rings. The lowest BCUT2D eigenvalue weighted by molar-refractivity contribution is 0.103. The van der Waals surface area contributed by atoms with Gasteiger partial charge in [0.2, 0.25) is 0 Å². The lowest BCUT2D eigenvalue weighted by atomic mass is 9.96. The lowest BCUT2D eigenvalue weighted by Crippen LogP contribution is -2.42. The van der Waals surface area contributed by atoms with E-state index in [1.165, 1.54) is 24.8 Å². The molecule has 1 atom stereocenters. The summed E-state index contributed by atoms with van der Waals surface area (Å²) < 4.78 is 2.87. The largest absolute Gasteiger partial charge is 0.281 e. The minimum absolute atomic E-state index is 0.602. The van der Waals surface area contributed by atoms with Crippen LogP contribution in [0.3, 0.4) is 0 Å². The molecular weight excluding hydrogens is 298 g/mol. The van der Waals surface area contributed by atoms with Crippen molar-refractivity contribution >= 4 is 23.6 Å². The smallest absolute Gasteiger partial charge is 0.180 e. The fourth-order valence-electron chi connectivity index (χ4n) is 3.04. The Morgan fingerprint density at radius 3 is 2.81 bits per heavy atom. The number of rotatable bonds is 4. The number of nitrogens with zero attached hydrogens (tertiary/aromatic N) is 3. The van der Waals surface area contributed by atoms with Gasteiger partial charge in [-0.15, -0.1) is 0 Å². The van der Waals surface area contributed by atoms with Crippen molar-refractivity contribution in [1.29, 1.82) is 0 Å². The maximum atomic E-state index is 5.40. The first-order valence-corrected chi connectivity index (χ1v) is 8.77. The molecule has 1 aromatic carbocycles. The van der Waals surface area contributed by atoms with Gasteiger partial charge in [0.05, 0.1) is 6.67 Å². The fourth-order valence-corrected chi connectivity index (χ4v) is 4.09. The third-order valence-corrected chi connectivity index (χ3v) is 5.31. The van der Waals surface area contributed by atoms with Crippen molar-refractivity contribution in [2.45, 2.75) is 45.3 Å². The molecule has 112 valence electrons. The number of hydrogen-bond donors (Lipinski definition) is 0. The van der Waals surface area contributed by atoms with Crippen LogP contribution in [0.25, 0.3) is 0 Å². The van der Waals surface area contributed by atoms with Crippen molar-refractivity contribution in [2.75, 3.05) is 6.54 Å². The van der Waals surface area contributed by atoms with Gasteiger partial charge in [-0.3, -0.25) is 4.90 Å². The van der Waals surface area contributed by atoms with E-state index < -0.39 is 0 Å². The first-order valence-electron chi connectivity index (χ1n) is 7.55. The summed E-state index contributed by atoms with van der Waals surface area (Å²) >= 11 is 7.00. The van der Waals surface area contributed by atoms with Gasteiger partial charge in [0.15, 0.2) is 3.95 Å². The van der Waals surface area contributed by atoms with E-state index in [4.69, 9.17) is 12.2 Å². The average molecular weight is 319 g/mol. The van der Waals surface area contributed by atoms with Crippen molar-refractivity contribution in [3.05, 3.63) is 44.9 Å². The summed E-state index contributed by atoms with van der Waals surface area (Å²) in [5.41, 5.74) is 1.42. The molecule has 2 heterocycles. The summed E-state index contributed by atoms with van der Waals surface area (Å²) in [4.78, 5) is 2.55. The van der Waals surface area contributed by atoms with Gasteiger partial charge < -0.3 is 0 Å². The van der Waals surface area contributed by atoms with Crippen LogP contribution in [0.1, 0.15) is 29.8 Å². The monoisotopic (exact) mass is 319 g/mol. The zero-order chi connectivity index (χ0) is 14.7. The molecule has 0 radical (unpaired) electrons. The molecule has 0 aliphatic carbocycles. The van der Waals surface area contributed by atoms with Gasteiger partial charge >= 0.3 is 0 Å². The number of hydrogen-bond acceptors (Lipinski definition) is 4. The third-order valence-electron chi connectivity index (χ3n) is 4.09. The highest BCUT2D eigenvalue weighted by atomic mass is 32.1. The Labute approximate surface area is 135 Å². The summed E-state index contributed by atoms with van der Waals surface area (Å²) in [7, 11) is 0. The summed E-state index contributed by atoms with van der Waals surface area (Å²) in [6, 6.07) is 11.4. The molecule has 1 saturated heterocycles. The van der Waals surface area contributed by atoms with Crippen LogP contribution in [0.15, 0.2) is 30.3 Å². The van der Waals surface area contributed by atoms with Crippen molar-refractivity contribution in [1.82, 2.24) is 14.7 Å². The second kappa shape index (κ2) is 6.81. The van der Waals surface area contributed by atoms with Gasteiger partial charge in [-0.05, 0) is 44.0 Å². The van der Waals surface area contributed by atoms with E-state index in [9.17, 15) is 0 Å². The summed E-state index contributed by atoms with van der Waals surface area (Å²) in [6.07, 6.45) is 5.00. The van der Waals surface area contributed by atoms with Gasteiger partial charge in [-0.2, -0.15) is 5.10 Å². The van der Waals surface area contributed by atoms with Crippen LogP contribution >= 0.6 is 23.6 Å². The Hall–Kier alpha value is -1.04. The highest BCUT2D eigenvalue weighted by Crippen LogP contribution is 2.22. The Morgan fingerprint density at radius 2 is 2.10 bits per heavy atom. The normalized spacial score (nSPS) is 19.8. The Balaban J connectivity index is 1.72. The molecule has 0 bridgehead atoms. The van der Waals surface area contributed by atoms with Crippen LogP contribution in [0, 0.1) is 10.9 Å². The van der Waals surface area contributed by atoms with Gasteiger partial charge in [0, 0.05) is 12.6 Å². The van der Waals surface area contributed by atoms with E-state index in [-0.39, 0.29) is 0 Å². The lowest BCUT2D eigenvalue weighted by Gasteiger charge is -2.35. The molecule has 5 heteroatoms. The third kappa shape index (κ3) is 3.78. The Bertz CT molecular complexity index is 632. The van der Waals surface area contributed by atoms with Crippen LogP contribution < -0.4 is 0 Å². The number of likely N-dealkylation sites (tertiary alicyclic amines) is 1. The molecule has 21 heavy (non-hydrogen) atoms. The predicted molar refractivity (Wildman–Crippen MR) is 90.2 cm³/mol. The molecular formula is C16H21N3S2. The van der Waals surface area contributed by atoms with E-state index in [1.807, 2.05) is 11.6 Å². The van der Waals surface area contributed by atoms with Gasteiger partial charge in [0.25, 0.3) is 0 Å². The SMILES string of the molecule is Cc1nn(CN2CCCC[C@H]2Cc2ccccc2)c(=S)s1. The van der Waals surface area contributed by atoms with Crippen LogP contribution in [-0.4, -0.2) is 27.3 Å². The molecule has 0 amide bonds. The molecule has 0 saturated carbocycles. The van der Waals surface area contributed by atoms with Crippen molar-refractivity contribution in [3.8, 4) is 0 Å². The average Bonchev–Trinajstić information content (AvgIpc) is 2.80. The van der Waals surface area contributed by atoms with Gasteiger partial charge in [-0.25, -0.2) is 4.68 Å². The molecule has 3 nitrogen and oxygen atoms in total. The number of piperidine rings is 1. The van der Waals surface area contributed by atoms with E-state index in [0.717, 1.165) is 28.6 Å². The second-order valence-electron chi connectivity index (χ2n) is 5.68. The Morgan fingerprint density at radius 1 is 1.29 bits per heavy atom. The zero-order valence-corrected chi connectivity index (χ0v) is 14.0. The predicted octanol–water partition coefficient (Wildman–Crippen LogP) is 4.04. The van der Waals surface area contributed by atoms with Crippen molar-refractivity contribution in [2.24, 2.45) is 0 Å². The molecule has 1 aliphatic rings. The number of benzene rings is 1. The zero-order valence-electron chi connectivity index (χ0n) is 12.4. The number of aryl methyl sites for hydroxylation is 1. The van der Waals surface area contributed by atoms with Crippen LogP contribution in [-0.2, 0) is 13.1 Å². The standard InChI is InChI=1S/C16H21N3S2/c1-13-17-19(16(20)21-13)12-18-10-6-5-9-15(18)11-14-7-3-2-4-8-14/h2-4,7-8,15H,5-6,9-12H2,1H3/t15-/m0/s1. The van der Waals surface area contributed by atoms with Gasteiger partial charge in [-0.1, -0.05) is 48.1 Å². The molecule has 0 N–H and O–H groups in total. The van der Waals surface area contributed by atoms with Gasteiger partial charge in [0.1, 0.15) is 5.01 Å². The van der Waals surface area contributed by atoms with Crippen LogP contribution in [0.4, 0.5) is 0 Å². The maximum absolute atomic E-state index is 5.40. The summed E-state index contributed by atoms with van der Waals surface area (Å²) in [5, 5.41) is 5.59. The Kier molecular flexibility index (Phi) is 4.83. The fraction of sp³-hybridized carbons (Fsp3) is 0.500. The maximum Gasteiger partial charge on any atom is 0.180 e. The first-order chi connectivity index (χ1) is 10.2. The summed E-state index contributed by atoms with van der Waals surface area (Å²) in [5.74, 6) is 0. The van der Waals surface area contributed by atoms with E-state index in [0.29, 0.717) is 6.04 Å². The van der Waals surface area contributed by atoms with E-state index >= 15 is 0 Å². The first kappa shape index (κ1) is 14.9. The van der Waals surface area contributed by atoms with E-state index in [2.05, 4.69) is 40.3 Å². The quantitative estimate of drug-likeness (QED) is 0.794. The highest BCUT2D eigenvalue weighted by Gasteiger charge is 2.23. The minimum Gasteiger partial charge on any atom is -0.281 e. The van der Waals surface area contributed by atoms with Crippen molar-refractivity contribution in [3.63, 3.8) is 0 Å². The summed E-state index contributed by atoms with van der Waals surface area (Å²) in [6.45, 7) is 4.01.